The Bertz CT molecular complexity index is 1390. The van der Waals surface area contributed by atoms with E-state index in [0.717, 1.165) is 52.9 Å². The molecule has 0 spiro atoms. The lowest BCUT2D eigenvalue weighted by atomic mass is 9.95. The van der Waals surface area contributed by atoms with Gasteiger partial charge in [0.1, 0.15) is 11.8 Å². The van der Waals surface area contributed by atoms with E-state index in [1.165, 1.54) is 6.42 Å². The standard InChI is InChI=1S/C27H32N6O2/c1-17-6-5-13-32(15-17)25(23-14-21-10-7-18(2)19(3)24(21)28-27(23)34)26-29-30-31-33(26)16-20-8-11-22(35-4)12-9-20/h7-12,14,17,25H,5-6,13,15-16H2,1-4H3,(H,28,34). The molecule has 1 saturated heterocycles. The lowest BCUT2D eigenvalue weighted by molar-refractivity contribution is 0.141. The van der Waals surface area contributed by atoms with Crippen molar-refractivity contribution in [2.24, 2.45) is 5.92 Å². The molecular weight excluding hydrogens is 440 g/mol. The van der Waals surface area contributed by atoms with E-state index in [1.807, 2.05) is 41.9 Å². The summed E-state index contributed by atoms with van der Waals surface area (Å²) in [6, 6.07) is 13.8. The second-order valence-corrected chi connectivity index (χ2v) is 9.71. The molecule has 1 aliphatic heterocycles. The molecule has 1 N–H and O–H groups in total. The summed E-state index contributed by atoms with van der Waals surface area (Å²) in [6.07, 6.45) is 2.27. The number of likely N-dealkylation sites (tertiary alicyclic amines) is 1. The summed E-state index contributed by atoms with van der Waals surface area (Å²) in [5, 5.41) is 13.8. The summed E-state index contributed by atoms with van der Waals surface area (Å²) in [5.74, 6) is 2.03. The average Bonchev–Trinajstić information content (AvgIpc) is 3.30. The van der Waals surface area contributed by atoms with E-state index in [-0.39, 0.29) is 11.6 Å². The first-order valence-corrected chi connectivity index (χ1v) is 12.2. The Hall–Kier alpha value is -3.52. The van der Waals surface area contributed by atoms with Crippen molar-refractivity contribution in [3.05, 3.63) is 80.9 Å². The number of ether oxygens (including phenoxy) is 1. The van der Waals surface area contributed by atoms with E-state index in [4.69, 9.17) is 4.74 Å². The van der Waals surface area contributed by atoms with E-state index in [9.17, 15) is 4.79 Å². The second-order valence-electron chi connectivity index (χ2n) is 9.71. The van der Waals surface area contributed by atoms with Crippen LogP contribution in [-0.4, -0.2) is 50.3 Å². The molecule has 1 aliphatic rings. The molecule has 1 fully saturated rings. The van der Waals surface area contributed by atoms with Gasteiger partial charge in [0.05, 0.1) is 19.2 Å². The van der Waals surface area contributed by atoms with E-state index >= 15 is 0 Å². The maximum absolute atomic E-state index is 13.5. The Morgan fingerprint density at radius 2 is 1.97 bits per heavy atom. The molecule has 2 atom stereocenters. The van der Waals surface area contributed by atoms with Gasteiger partial charge in [-0.3, -0.25) is 9.69 Å². The molecule has 182 valence electrons. The van der Waals surface area contributed by atoms with Crippen LogP contribution in [0.25, 0.3) is 10.9 Å². The van der Waals surface area contributed by atoms with Crippen LogP contribution in [0.2, 0.25) is 0 Å². The van der Waals surface area contributed by atoms with Crippen LogP contribution >= 0.6 is 0 Å². The van der Waals surface area contributed by atoms with Gasteiger partial charge in [-0.25, -0.2) is 4.68 Å². The minimum absolute atomic E-state index is 0.0894. The number of hydrogen-bond donors (Lipinski definition) is 1. The first kappa shape index (κ1) is 23.2. The summed E-state index contributed by atoms with van der Waals surface area (Å²) < 4.78 is 7.10. The van der Waals surface area contributed by atoms with Crippen molar-refractivity contribution >= 4 is 10.9 Å². The Morgan fingerprint density at radius 1 is 1.17 bits per heavy atom. The zero-order valence-corrected chi connectivity index (χ0v) is 20.8. The molecule has 5 rings (SSSR count). The SMILES string of the molecule is COc1ccc(Cn2nnnc2C(c2cc3ccc(C)c(C)c3[nH]c2=O)N2CCCC(C)C2)cc1. The van der Waals surface area contributed by atoms with Gasteiger partial charge in [-0.05, 0) is 89.9 Å². The molecule has 8 nitrogen and oxygen atoms in total. The number of H-pyrrole nitrogens is 1. The van der Waals surface area contributed by atoms with Gasteiger partial charge < -0.3 is 9.72 Å². The highest BCUT2D eigenvalue weighted by atomic mass is 16.5. The van der Waals surface area contributed by atoms with Gasteiger partial charge >= 0.3 is 0 Å². The zero-order chi connectivity index (χ0) is 24.5. The van der Waals surface area contributed by atoms with Crippen molar-refractivity contribution in [1.82, 2.24) is 30.1 Å². The third-order valence-electron chi connectivity index (χ3n) is 7.22. The lowest BCUT2D eigenvalue weighted by Crippen LogP contribution is -2.41. The predicted molar refractivity (Wildman–Crippen MR) is 136 cm³/mol. The third-order valence-corrected chi connectivity index (χ3v) is 7.22. The fraction of sp³-hybridized carbons (Fsp3) is 0.407. The molecule has 8 heteroatoms. The number of nitrogens with zero attached hydrogens (tertiary/aromatic N) is 5. The van der Waals surface area contributed by atoms with Crippen molar-refractivity contribution in [2.75, 3.05) is 20.2 Å². The Morgan fingerprint density at radius 3 is 2.71 bits per heavy atom. The van der Waals surface area contributed by atoms with Crippen molar-refractivity contribution < 1.29 is 4.74 Å². The summed E-state index contributed by atoms with van der Waals surface area (Å²) >= 11 is 0. The minimum Gasteiger partial charge on any atom is -0.497 e. The maximum Gasteiger partial charge on any atom is 0.253 e. The van der Waals surface area contributed by atoms with Gasteiger partial charge in [0.2, 0.25) is 0 Å². The van der Waals surface area contributed by atoms with Crippen LogP contribution in [0.4, 0.5) is 0 Å². The molecule has 0 amide bonds. The first-order chi connectivity index (χ1) is 16.9. The number of piperidine rings is 1. The van der Waals surface area contributed by atoms with Gasteiger partial charge in [0.25, 0.3) is 5.56 Å². The second kappa shape index (κ2) is 9.62. The minimum atomic E-state index is -0.333. The molecule has 3 heterocycles. The largest absolute Gasteiger partial charge is 0.497 e. The number of aromatic nitrogens is 5. The van der Waals surface area contributed by atoms with Crippen LogP contribution in [0, 0.1) is 19.8 Å². The van der Waals surface area contributed by atoms with Gasteiger partial charge in [-0.2, -0.15) is 0 Å². The summed E-state index contributed by atoms with van der Waals surface area (Å²) in [4.78, 5) is 19.1. The van der Waals surface area contributed by atoms with Gasteiger partial charge in [0.15, 0.2) is 5.82 Å². The number of fused-ring (bicyclic) bond motifs is 1. The zero-order valence-electron chi connectivity index (χ0n) is 20.8. The third kappa shape index (κ3) is 4.58. The molecule has 4 aromatic rings. The molecule has 0 aliphatic carbocycles. The quantitative estimate of drug-likeness (QED) is 0.456. The highest BCUT2D eigenvalue weighted by Crippen LogP contribution is 2.31. The lowest BCUT2D eigenvalue weighted by Gasteiger charge is -2.36. The smallest absolute Gasteiger partial charge is 0.253 e. The van der Waals surface area contributed by atoms with Crippen LogP contribution in [0.15, 0.2) is 47.3 Å². The molecule has 2 aromatic heterocycles. The van der Waals surface area contributed by atoms with Crippen LogP contribution in [0.3, 0.4) is 0 Å². The monoisotopic (exact) mass is 472 g/mol. The van der Waals surface area contributed by atoms with E-state index < -0.39 is 0 Å². The molecule has 0 bridgehead atoms. The molecule has 2 unspecified atom stereocenters. The molecule has 2 aromatic carbocycles. The Labute approximate surface area is 204 Å². The van der Waals surface area contributed by atoms with Crippen molar-refractivity contribution in [2.45, 2.75) is 46.2 Å². The number of methoxy groups -OCH3 is 1. The average molecular weight is 473 g/mol. The number of pyridine rings is 1. The van der Waals surface area contributed by atoms with Crippen molar-refractivity contribution in [3.8, 4) is 5.75 Å². The highest BCUT2D eigenvalue weighted by Gasteiger charge is 2.33. The number of benzene rings is 2. The molecular formula is C27H32N6O2. The topological polar surface area (TPSA) is 88.9 Å². The predicted octanol–water partition coefficient (Wildman–Crippen LogP) is 4.01. The number of rotatable bonds is 6. The van der Waals surface area contributed by atoms with E-state index in [1.54, 1.807) is 7.11 Å². The highest BCUT2D eigenvalue weighted by molar-refractivity contribution is 5.83. The molecule has 0 radical (unpaired) electrons. The number of aryl methyl sites for hydroxylation is 2. The molecule has 0 saturated carbocycles. The Kier molecular flexibility index (Phi) is 6.38. The van der Waals surface area contributed by atoms with E-state index in [2.05, 4.69) is 51.4 Å². The number of nitrogens with one attached hydrogen (secondary N) is 1. The van der Waals surface area contributed by atoms with Crippen LogP contribution in [0.1, 0.15) is 53.9 Å². The first-order valence-electron chi connectivity index (χ1n) is 12.2. The number of hydrogen-bond acceptors (Lipinski definition) is 6. The normalized spacial score (nSPS) is 17.5. The Balaban J connectivity index is 1.60. The molecule has 35 heavy (non-hydrogen) atoms. The number of aromatic amines is 1. The summed E-state index contributed by atoms with van der Waals surface area (Å²) in [6.45, 7) is 8.67. The van der Waals surface area contributed by atoms with Gasteiger partial charge in [-0.15, -0.1) is 5.10 Å². The van der Waals surface area contributed by atoms with Gasteiger partial charge in [0, 0.05) is 12.1 Å². The van der Waals surface area contributed by atoms with Crippen LogP contribution in [-0.2, 0) is 6.54 Å². The van der Waals surface area contributed by atoms with Crippen molar-refractivity contribution in [1.29, 1.82) is 0 Å². The van der Waals surface area contributed by atoms with Crippen LogP contribution < -0.4 is 10.3 Å². The maximum atomic E-state index is 13.5. The fourth-order valence-electron chi connectivity index (χ4n) is 5.13. The van der Waals surface area contributed by atoms with Gasteiger partial charge in [-0.1, -0.05) is 31.2 Å². The fourth-order valence-corrected chi connectivity index (χ4v) is 5.13. The summed E-state index contributed by atoms with van der Waals surface area (Å²) in [7, 11) is 1.66. The summed E-state index contributed by atoms with van der Waals surface area (Å²) in [5.41, 5.74) is 4.80. The van der Waals surface area contributed by atoms with E-state index in [0.29, 0.717) is 23.9 Å². The van der Waals surface area contributed by atoms with Crippen molar-refractivity contribution in [3.63, 3.8) is 0 Å². The van der Waals surface area contributed by atoms with Crippen LogP contribution in [0.5, 0.6) is 5.75 Å². The number of tetrazole rings is 1.